The van der Waals surface area contributed by atoms with E-state index >= 15 is 0 Å². The highest BCUT2D eigenvalue weighted by Crippen LogP contribution is 2.28. The Bertz CT molecular complexity index is 987. The molecule has 1 aliphatic heterocycles. The van der Waals surface area contributed by atoms with Crippen LogP contribution in [0.5, 0.6) is 5.75 Å². The second-order valence-electron chi connectivity index (χ2n) is 6.50. The summed E-state index contributed by atoms with van der Waals surface area (Å²) in [7, 11) is 1.56. The van der Waals surface area contributed by atoms with Crippen molar-refractivity contribution in [2.75, 3.05) is 50.1 Å². The van der Waals surface area contributed by atoms with Gasteiger partial charge in [-0.2, -0.15) is 0 Å². The van der Waals surface area contributed by atoms with Gasteiger partial charge >= 0.3 is 0 Å². The lowest BCUT2D eigenvalue weighted by molar-refractivity contribution is -0.117. The molecule has 0 atom stereocenters. The van der Waals surface area contributed by atoms with Gasteiger partial charge in [0.1, 0.15) is 22.7 Å². The number of nitrogens with one attached hydrogen (secondary N) is 1. The number of carbonyl (C=O) groups excluding carboxylic acids is 1. The Labute approximate surface area is 171 Å². The van der Waals surface area contributed by atoms with E-state index in [1.54, 1.807) is 43.0 Å². The summed E-state index contributed by atoms with van der Waals surface area (Å²) in [6, 6.07) is 7.28. The number of benzene rings is 1. The molecule has 0 unspecified atom stereocenters. The molecule has 2 aromatic heterocycles. The molecule has 4 rings (SSSR count). The molecule has 0 bridgehead atoms. The van der Waals surface area contributed by atoms with Gasteiger partial charge in [-0.1, -0.05) is 11.6 Å². The highest BCUT2D eigenvalue weighted by Gasteiger charge is 2.21. The van der Waals surface area contributed by atoms with Crippen molar-refractivity contribution < 1.29 is 9.53 Å². The summed E-state index contributed by atoms with van der Waals surface area (Å²) in [5, 5.41) is 6.49. The van der Waals surface area contributed by atoms with E-state index in [2.05, 4.69) is 31.2 Å². The first-order valence-electron chi connectivity index (χ1n) is 8.93. The SMILES string of the molecule is COc1ccc(NC(=O)CN2CCN(c3ncnc4sccc34)CC2)cc1Cl. The minimum Gasteiger partial charge on any atom is -0.495 e. The van der Waals surface area contributed by atoms with Gasteiger partial charge in [0.15, 0.2) is 0 Å². The minimum absolute atomic E-state index is 0.0584. The summed E-state index contributed by atoms with van der Waals surface area (Å²) >= 11 is 7.73. The fourth-order valence-corrected chi connectivity index (χ4v) is 4.28. The third kappa shape index (κ3) is 4.04. The van der Waals surface area contributed by atoms with Crippen LogP contribution >= 0.6 is 22.9 Å². The molecule has 3 heterocycles. The van der Waals surface area contributed by atoms with Crippen LogP contribution in [-0.4, -0.2) is 60.6 Å². The first-order valence-corrected chi connectivity index (χ1v) is 10.2. The number of anilines is 2. The molecule has 1 aromatic carbocycles. The minimum atomic E-state index is -0.0584. The molecule has 1 saturated heterocycles. The van der Waals surface area contributed by atoms with Crippen LogP contribution < -0.4 is 15.0 Å². The number of hydrogen-bond acceptors (Lipinski definition) is 7. The number of ether oxygens (including phenoxy) is 1. The molecule has 0 spiro atoms. The quantitative estimate of drug-likeness (QED) is 0.687. The molecular weight excluding hydrogens is 398 g/mol. The smallest absolute Gasteiger partial charge is 0.238 e. The van der Waals surface area contributed by atoms with Crippen LogP contribution in [-0.2, 0) is 4.79 Å². The van der Waals surface area contributed by atoms with Gasteiger partial charge in [-0.15, -0.1) is 11.3 Å². The van der Waals surface area contributed by atoms with Crippen LogP contribution in [0.15, 0.2) is 36.0 Å². The van der Waals surface area contributed by atoms with Crippen LogP contribution in [0.4, 0.5) is 11.5 Å². The van der Waals surface area contributed by atoms with E-state index in [0.717, 1.165) is 42.2 Å². The first kappa shape index (κ1) is 18.9. The number of amides is 1. The third-order valence-corrected chi connectivity index (χ3v) is 5.83. The van der Waals surface area contributed by atoms with E-state index < -0.39 is 0 Å². The first-order chi connectivity index (χ1) is 13.6. The molecule has 3 aromatic rings. The molecule has 146 valence electrons. The van der Waals surface area contributed by atoms with Crippen molar-refractivity contribution in [3.05, 3.63) is 41.0 Å². The Morgan fingerprint density at radius 3 is 2.82 bits per heavy atom. The highest BCUT2D eigenvalue weighted by molar-refractivity contribution is 7.16. The second kappa shape index (κ2) is 8.30. The standard InChI is InChI=1S/C19H20ClN5O2S/c1-27-16-3-2-13(10-15(16)20)23-17(26)11-24-5-7-25(8-6-24)18-14-4-9-28-19(14)22-12-21-18/h2-4,9-10,12H,5-8,11H2,1H3,(H,23,26). The van der Waals surface area contributed by atoms with Gasteiger partial charge in [0, 0.05) is 31.9 Å². The van der Waals surface area contributed by atoms with Crippen LogP contribution in [0, 0.1) is 0 Å². The molecule has 7 nitrogen and oxygen atoms in total. The average molecular weight is 418 g/mol. The van der Waals surface area contributed by atoms with Crippen LogP contribution in [0.25, 0.3) is 10.2 Å². The summed E-state index contributed by atoms with van der Waals surface area (Å²) in [6.45, 7) is 3.58. The highest BCUT2D eigenvalue weighted by atomic mass is 35.5. The van der Waals surface area contributed by atoms with Crippen molar-refractivity contribution in [2.24, 2.45) is 0 Å². The van der Waals surface area contributed by atoms with E-state index in [9.17, 15) is 4.79 Å². The molecule has 28 heavy (non-hydrogen) atoms. The van der Waals surface area contributed by atoms with Crippen molar-refractivity contribution in [1.29, 1.82) is 0 Å². The van der Waals surface area contributed by atoms with Crippen LogP contribution in [0.1, 0.15) is 0 Å². The number of carbonyl (C=O) groups is 1. The normalized spacial score (nSPS) is 15.0. The molecule has 0 saturated carbocycles. The maximum absolute atomic E-state index is 12.4. The lowest BCUT2D eigenvalue weighted by Crippen LogP contribution is -2.49. The summed E-state index contributed by atoms with van der Waals surface area (Å²) in [5.41, 5.74) is 0.662. The number of hydrogen-bond donors (Lipinski definition) is 1. The molecule has 0 aliphatic carbocycles. The molecule has 9 heteroatoms. The average Bonchev–Trinajstić information content (AvgIpc) is 3.18. The Hall–Kier alpha value is -2.42. The zero-order valence-corrected chi connectivity index (χ0v) is 17.0. The molecule has 0 radical (unpaired) electrons. The van der Waals surface area contributed by atoms with E-state index in [1.165, 1.54) is 0 Å². The predicted octanol–water partition coefficient (Wildman–Crippen LogP) is 3.11. The number of piperazine rings is 1. The molecule has 1 fully saturated rings. The number of nitrogens with zero attached hydrogens (tertiary/aromatic N) is 4. The third-order valence-electron chi connectivity index (χ3n) is 4.72. The summed E-state index contributed by atoms with van der Waals surface area (Å²) in [6.07, 6.45) is 1.62. The van der Waals surface area contributed by atoms with Crippen LogP contribution in [0.2, 0.25) is 5.02 Å². The topological polar surface area (TPSA) is 70.6 Å². The Morgan fingerprint density at radius 2 is 2.07 bits per heavy atom. The zero-order valence-electron chi connectivity index (χ0n) is 15.4. The second-order valence-corrected chi connectivity index (χ2v) is 7.80. The number of thiophene rings is 1. The summed E-state index contributed by atoms with van der Waals surface area (Å²) in [4.78, 5) is 26.6. The van der Waals surface area contributed by atoms with Crippen molar-refractivity contribution in [3.8, 4) is 5.75 Å². The predicted molar refractivity (Wildman–Crippen MR) is 113 cm³/mol. The van der Waals surface area contributed by atoms with Gasteiger partial charge in [0.2, 0.25) is 5.91 Å². The zero-order chi connectivity index (χ0) is 19.5. The van der Waals surface area contributed by atoms with Gasteiger partial charge in [-0.3, -0.25) is 9.69 Å². The maximum Gasteiger partial charge on any atom is 0.238 e. The maximum atomic E-state index is 12.4. The van der Waals surface area contributed by atoms with E-state index in [4.69, 9.17) is 16.3 Å². The van der Waals surface area contributed by atoms with Crippen molar-refractivity contribution >= 4 is 50.6 Å². The Morgan fingerprint density at radius 1 is 1.25 bits per heavy atom. The molecule has 1 aliphatic rings. The molecule has 1 N–H and O–H groups in total. The van der Waals surface area contributed by atoms with E-state index in [-0.39, 0.29) is 5.91 Å². The molecular formula is C19H20ClN5O2S. The van der Waals surface area contributed by atoms with Gasteiger partial charge < -0.3 is 15.0 Å². The summed E-state index contributed by atoms with van der Waals surface area (Å²) in [5.74, 6) is 1.50. The fraction of sp³-hybridized carbons (Fsp3) is 0.316. The molecule has 1 amide bonds. The van der Waals surface area contributed by atoms with E-state index in [0.29, 0.717) is 23.0 Å². The van der Waals surface area contributed by atoms with E-state index in [1.807, 2.05) is 5.38 Å². The largest absolute Gasteiger partial charge is 0.495 e. The van der Waals surface area contributed by atoms with Gasteiger partial charge in [0.25, 0.3) is 0 Å². The Balaban J connectivity index is 1.32. The van der Waals surface area contributed by atoms with Crippen molar-refractivity contribution in [2.45, 2.75) is 0 Å². The van der Waals surface area contributed by atoms with Gasteiger partial charge in [0.05, 0.1) is 24.1 Å². The lowest BCUT2D eigenvalue weighted by atomic mass is 10.2. The number of fused-ring (bicyclic) bond motifs is 1. The summed E-state index contributed by atoms with van der Waals surface area (Å²) < 4.78 is 5.13. The van der Waals surface area contributed by atoms with Crippen molar-refractivity contribution in [1.82, 2.24) is 14.9 Å². The number of rotatable bonds is 5. The van der Waals surface area contributed by atoms with Gasteiger partial charge in [-0.05, 0) is 29.6 Å². The number of methoxy groups -OCH3 is 1. The lowest BCUT2D eigenvalue weighted by Gasteiger charge is -2.35. The van der Waals surface area contributed by atoms with Crippen molar-refractivity contribution in [3.63, 3.8) is 0 Å². The van der Waals surface area contributed by atoms with Crippen LogP contribution in [0.3, 0.4) is 0 Å². The van der Waals surface area contributed by atoms with Gasteiger partial charge in [-0.25, -0.2) is 9.97 Å². The Kier molecular flexibility index (Phi) is 5.61. The fourth-order valence-electron chi connectivity index (χ4n) is 3.29. The number of halogens is 1. The number of aromatic nitrogens is 2. The monoisotopic (exact) mass is 417 g/mol.